The second-order valence-electron chi connectivity index (χ2n) is 5.16. The predicted molar refractivity (Wildman–Crippen MR) is 72.0 cm³/mol. The molecule has 0 aliphatic carbocycles. The summed E-state index contributed by atoms with van der Waals surface area (Å²) in [5.41, 5.74) is 1.08. The second kappa shape index (κ2) is 5.43. The fourth-order valence-corrected chi connectivity index (χ4v) is 2.33. The highest BCUT2D eigenvalue weighted by molar-refractivity contribution is 5.96. The largest absolute Gasteiger partial charge is 0.491 e. The van der Waals surface area contributed by atoms with Crippen LogP contribution in [0.15, 0.2) is 24.3 Å². The summed E-state index contributed by atoms with van der Waals surface area (Å²) >= 11 is 0. The quantitative estimate of drug-likeness (QED) is 0.839. The van der Waals surface area contributed by atoms with Gasteiger partial charge in [-0.15, -0.1) is 0 Å². The first-order valence-electron chi connectivity index (χ1n) is 6.55. The van der Waals surface area contributed by atoms with Gasteiger partial charge in [0.15, 0.2) is 0 Å². The van der Waals surface area contributed by atoms with Gasteiger partial charge in [0.25, 0.3) is 0 Å². The molecule has 1 aliphatic heterocycles. The van der Waals surface area contributed by atoms with Gasteiger partial charge in [-0.1, -0.05) is 12.1 Å². The number of rotatable bonds is 3. The summed E-state index contributed by atoms with van der Waals surface area (Å²) in [6.07, 6.45) is 0.552. The predicted octanol–water partition coefficient (Wildman–Crippen LogP) is 2.34. The summed E-state index contributed by atoms with van der Waals surface area (Å²) in [6.45, 7) is 5.88. The van der Waals surface area contributed by atoms with Crippen LogP contribution in [0, 0.1) is 0 Å². The lowest BCUT2D eigenvalue weighted by atomic mass is 9.98. The normalized spacial score (nSPS) is 19.1. The van der Waals surface area contributed by atoms with Gasteiger partial charge in [0, 0.05) is 25.8 Å². The minimum Gasteiger partial charge on any atom is -0.491 e. The molecular weight excluding hydrogens is 242 g/mol. The number of hydrogen-bond acceptors (Lipinski definition) is 3. The SMILES string of the molecule is CC(=O)N1C[C@H](c2ccc(OC(C)C)cc2)CC1=O. The van der Waals surface area contributed by atoms with E-state index in [-0.39, 0.29) is 23.8 Å². The Labute approximate surface area is 113 Å². The van der Waals surface area contributed by atoms with E-state index in [9.17, 15) is 9.59 Å². The lowest BCUT2D eigenvalue weighted by Crippen LogP contribution is -2.29. The molecule has 1 aromatic carbocycles. The first-order chi connectivity index (χ1) is 8.97. The number of nitrogens with zero attached hydrogens (tertiary/aromatic N) is 1. The molecule has 4 heteroatoms. The Morgan fingerprint density at radius 3 is 2.42 bits per heavy atom. The zero-order valence-corrected chi connectivity index (χ0v) is 11.6. The number of benzene rings is 1. The number of amides is 2. The topological polar surface area (TPSA) is 46.6 Å². The van der Waals surface area contributed by atoms with Gasteiger partial charge in [-0.3, -0.25) is 14.5 Å². The molecule has 0 N–H and O–H groups in total. The van der Waals surface area contributed by atoms with E-state index in [1.165, 1.54) is 11.8 Å². The van der Waals surface area contributed by atoms with E-state index in [0.717, 1.165) is 11.3 Å². The molecule has 0 radical (unpaired) electrons. The zero-order chi connectivity index (χ0) is 14.0. The molecular formula is C15H19NO3. The number of likely N-dealkylation sites (tertiary alicyclic amines) is 1. The van der Waals surface area contributed by atoms with Crippen molar-refractivity contribution in [1.29, 1.82) is 0 Å². The van der Waals surface area contributed by atoms with E-state index in [1.807, 2.05) is 38.1 Å². The number of ether oxygens (including phenoxy) is 1. The van der Waals surface area contributed by atoms with Gasteiger partial charge in [0.2, 0.25) is 11.8 Å². The highest BCUT2D eigenvalue weighted by Gasteiger charge is 2.32. The van der Waals surface area contributed by atoms with Crippen LogP contribution in [0.25, 0.3) is 0 Å². The smallest absolute Gasteiger partial charge is 0.229 e. The van der Waals surface area contributed by atoms with E-state index in [0.29, 0.717) is 13.0 Å². The molecule has 0 bridgehead atoms. The second-order valence-corrected chi connectivity index (χ2v) is 5.16. The Morgan fingerprint density at radius 1 is 1.32 bits per heavy atom. The monoisotopic (exact) mass is 261 g/mol. The minimum absolute atomic E-state index is 0.0833. The van der Waals surface area contributed by atoms with Crippen LogP contribution in [0.5, 0.6) is 5.75 Å². The summed E-state index contributed by atoms with van der Waals surface area (Å²) in [4.78, 5) is 24.3. The molecule has 1 saturated heterocycles. The van der Waals surface area contributed by atoms with Crippen LogP contribution in [0.3, 0.4) is 0 Å². The average Bonchev–Trinajstić information content (AvgIpc) is 2.71. The maximum Gasteiger partial charge on any atom is 0.229 e. The van der Waals surface area contributed by atoms with E-state index < -0.39 is 0 Å². The Kier molecular flexibility index (Phi) is 3.88. The van der Waals surface area contributed by atoms with Gasteiger partial charge in [-0.05, 0) is 31.5 Å². The standard InChI is InChI=1S/C15H19NO3/c1-10(2)19-14-6-4-12(5-7-14)13-8-15(18)16(9-13)11(3)17/h4-7,10,13H,8-9H2,1-3H3/t13-/m1/s1. The molecule has 0 unspecified atom stereocenters. The lowest BCUT2D eigenvalue weighted by Gasteiger charge is -2.14. The molecule has 19 heavy (non-hydrogen) atoms. The van der Waals surface area contributed by atoms with E-state index in [4.69, 9.17) is 4.74 Å². The van der Waals surface area contributed by atoms with Crippen LogP contribution < -0.4 is 4.74 Å². The van der Waals surface area contributed by atoms with Crippen molar-refractivity contribution in [2.45, 2.75) is 39.2 Å². The van der Waals surface area contributed by atoms with Crippen LogP contribution in [-0.4, -0.2) is 29.4 Å². The number of hydrogen-bond donors (Lipinski definition) is 0. The van der Waals surface area contributed by atoms with Crippen LogP contribution in [0.2, 0.25) is 0 Å². The van der Waals surface area contributed by atoms with Gasteiger partial charge in [-0.25, -0.2) is 0 Å². The summed E-state index contributed by atoms with van der Waals surface area (Å²) in [5, 5.41) is 0. The Hall–Kier alpha value is -1.84. The number of imide groups is 1. The summed E-state index contributed by atoms with van der Waals surface area (Å²) in [5.74, 6) is 0.670. The average molecular weight is 261 g/mol. The summed E-state index contributed by atoms with van der Waals surface area (Å²) < 4.78 is 5.58. The van der Waals surface area contributed by atoms with Gasteiger partial charge in [0.1, 0.15) is 5.75 Å². The molecule has 1 atom stereocenters. The maximum atomic E-state index is 11.7. The van der Waals surface area contributed by atoms with Crippen LogP contribution in [0.1, 0.15) is 38.7 Å². The fraction of sp³-hybridized carbons (Fsp3) is 0.467. The lowest BCUT2D eigenvalue weighted by molar-refractivity contribution is -0.140. The summed E-state index contributed by atoms with van der Waals surface area (Å²) in [6, 6.07) is 7.77. The third-order valence-electron chi connectivity index (χ3n) is 3.23. The molecule has 1 heterocycles. The Bertz CT molecular complexity index is 479. The zero-order valence-electron chi connectivity index (χ0n) is 11.6. The van der Waals surface area contributed by atoms with Crippen LogP contribution >= 0.6 is 0 Å². The molecule has 2 rings (SSSR count). The van der Waals surface area contributed by atoms with Crippen molar-refractivity contribution >= 4 is 11.8 Å². The fourth-order valence-electron chi connectivity index (χ4n) is 2.33. The van der Waals surface area contributed by atoms with E-state index in [1.54, 1.807) is 0 Å². The van der Waals surface area contributed by atoms with Crippen LogP contribution in [-0.2, 0) is 9.59 Å². The Morgan fingerprint density at radius 2 is 1.95 bits per heavy atom. The molecule has 0 spiro atoms. The van der Waals surface area contributed by atoms with Crippen molar-refractivity contribution in [2.75, 3.05) is 6.54 Å². The molecule has 0 aromatic heterocycles. The van der Waals surface area contributed by atoms with Crippen molar-refractivity contribution in [3.05, 3.63) is 29.8 Å². The molecule has 1 aromatic rings. The van der Waals surface area contributed by atoms with Crippen molar-refractivity contribution < 1.29 is 14.3 Å². The molecule has 102 valence electrons. The van der Waals surface area contributed by atoms with Gasteiger partial charge < -0.3 is 4.74 Å². The number of carbonyl (C=O) groups is 2. The highest BCUT2D eigenvalue weighted by atomic mass is 16.5. The Balaban J connectivity index is 2.07. The molecule has 1 fully saturated rings. The maximum absolute atomic E-state index is 11.7. The third-order valence-corrected chi connectivity index (χ3v) is 3.23. The van der Waals surface area contributed by atoms with Gasteiger partial charge >= 0.3 is 0 Å². The van der Waals surface area contributed by atoms with Crippen molar-refractivity contribution in [1.82, 2.24) is 4.90 Å². The summed E-state index contributed by atoms with van der Waals surface area (Å²) in [7, 11) is 0. The van der Waals surface area contributed by atoms with Crippen molar-refractivity contribution in [2.24, 2.45) is 0 Å². The van der Waals surface area contributed by atoms with E-state index in [2.05, 4.69) is 0 Å². The third kappa shape index (κ3) is 3.13. The first-order valence-corrected chi connectivity index (χ1v) is 6.55. The highest BCUT2D eigenvalue weighted by Crippen LogP contribution is 2.29. The molecule has 0 saturated carbocycles. The van der Waals surface area contributed by atoms with E-state index >= 15 is 0 Å². The first kappa shape index (κ1) is 13.6. The van der Waals surface area contributed by atoms with Crippen molar-refractivity contribution in [3.63, 3.8) is 0 Å². The van der Waals surface area contributed by atoms with Gasteiger partial charge in [0.05, 0.1) is 6.10 Å². The molecule has 1 aliphatic rings. The van der Waals surface area contributed by atoms with Crippen molar-refractivity contribution in [3.8, 4) is 5.75 Å². The van der Waals surface area contributed by atoms with Gasteiger partial charge in [-0.2, -0.15) is 0 Å². The van der Waals surface area contributed by atoms with Crippen LogP contribution in [0.4, 0.5) is 0 Å². The molecule has 2 amide bonds. The number of carbonyl (C=O) groups excluding carboxylic acids is 2. The minimum atomic E-state index is -0.174. The molecule has 4 nitrogen and oxygen atoms in total.